The van der Waals surface area contributed by atoms with Gasteiger partial charge in [-0.2, -0.15) is 0 Å². The van der Waals surface area contributed by atoms with Gasteiger partial charge in [0.1, 0.15) is 12.4 Å². The number of hydrogen-bond acceptors (Lipinski definition) is 3. The minimum absolute atomic E-state index is 0. The zero-order valence-corrected chi connectivity index (χ0v) is 16.5. The van der Waals surface area contributed by atoms with Gasteiger partial charge in [-0.15, -0.1) is 12.4 Å². The van der Waals surface area contributed by atoms with Crippen LogP contribution in [0.15, 0.2) is 54.6 Å². The third-order valence-corrected chi connectivity index (χ3v) is 5.45. The average molecular weight is 387 g/mol. The number of benzene rings is 2. The molecule has 144 valence electrons. The zero-order chi connectivity index (χ0) is 17.9. The highest BCUT2D eigenvalue weighted by Crippen LogP contribution is 2.49. The molecule has 3 atom stereocenters. The molecule has 4 nitrogen and oxygen atoms in total. The second kappa shape index (κ2) is 8.77. The van der Waals surface area contributed by atoms with Crippen LogP contribution in [-0.2, 0) is 11.4 Å². The summed E-state index contributed by atoms with van der Waals surface area (Å²) in [5.74, 6) is 1.73. The van der Waals surface area contributed by atoms with Gasteiger partial charge in [0.25, 0.3) is 0 Å². The third-order valence-electron chi connectivity index (χ3n) is 5.45. The van der Waals surface area contributed by atoms with Gasteiger partial charge in [0, 0.05) is 31.6 Å². The van der Waals surface area contributed by atoms with E-state index in [1.54, 1.807) is 0 Å². The van der Waals surface area contributed by atoms with Crippen LogP contribution in [0.25, 0.3) is 0 Å². The van der Waals surface area contributed by atoms with E-state index >= 15 is 0 Å². The van der Waals surface area contributed by atoms with Gasteiger partial charge in [0.15, 0.2) is 0 Å². The van der Waals surface area contributed by atoms with Gasteiger partial charge in [-0.05, 0) is 42.5 Å². The quantitative estimate of drug-likeness (QED) is 0.853. The van der Waals surface area contributed by atoms with Crippen molar-refractivity contribution in [2.75, 3.05) is 19.6 Å². The van der Waals surface area contributed by atoms with Crippen molar-refractivity contribution in [2.45, 2.75) is 31.9 Å². The normalized spacial score (nSPS) is 24.0. The number of halogens is 1. The Morgan fingerprint density at radius 3 is 2.59 bits per heavy atom. The number of nitrogens with one attached hydrogen (secondary N) is 1. The molecule has 2 aromatic rings. The first-order valence-electron chi connectivity index (χ1n) is 9.50. The molecule has 1 amide bonds. The summed E-state index contributed by atoms with van der Waals surface area (Å²) in [5, 5.41) is 3.34. The molecule has 1 saturated heterocycles. The largest absolute Gasteiger partial charge is 0.489 e. The smallest absolute Gasteiger partial charge is 0.226 e. The molecule has 1 saturated carbocycles. The van der Waals surface area contributed by atoms with Gasteiger partial charge in [0.05, 0.1) is 0 Å². The topological polar surface area (TPSA) is 41.6 Å². The lowest BCUT2D eigenvalue weighted by Gasteiger charge is -2.34. The number of amides is 1. The molecular formula is C22H27ClN2O2. The fourth-order valence-electron chi connectivity index (χ4n) is 3.77. The lowest BCUT2D eigenvalue weighted by molar-refractivity contribution is -0.135. The maximum Gasteiger partial charge on any atom is 0.226 e. The molecule has 1 N–H and O–H groups in total. The molecule has 0 spiro atoms. The van der Waals surface area contributed by atoms with E-state index in [1.807, 2.05) is 30.3 Å². The van der Waals surface area contributed by atoms with E-state index in [-0.39, 0.29) is 18.3 Å². The van der Waals surface area contributed by atoms with Gasteiger partial charge >= 0.3 is 0 Å². The van der Waals surface area contributed by atoms with Crippen LogP contribution < -0.4 is 10.1 Å². The van der Waals surface area contributed by atoms with Gasteiger partial charge in [0.2, 0.25) is 5.91 Å². The fourth-order valence-corrected chi connectivity index (χ4v) is 3.77. The molecule has 2 fully saturated rings. The van der Waals surface area contributed by atoms with Crippen LogP contribution in [0.5, 0.6) is 5.75 Å². The fraction of sp³-hybridized carbons (Fsp3) is 0.409. The maximum absolute atomic E-state index is 12.8. The predicted molar refractivity (Wildman–Crippen MR) is 109 cm³/mol. The van der Waals surface area contributed by atoms with Crippen LogP contribution in [0.4, 0.5) is 0 Å². The van der Waals surface area contributed by atoms with Crippen molar-refractivity contribution in [1.82, 2.24) is 10.2 Å². The number of ether oxygens (including phenoxy) is 1. The Hall–Kier alpha value is -2.04. The summed E-state index contributed by atoms with van der Waals surface area (Å²) in [7, 11) is 0. The van der Waals surface area contributed by atoms with E-state index in [2.05, 4.69) is 41.4 Å². The Labute approximate surface area is 167 Å². The highest BCUT2D eigenvalue weighted by atomic mass is 35.5. The first-order chi connectivity index (χ1) is 12.7. The molecule has 1 aliphatic carbocycles. The van der Waals surface area contributed by atoms with Crippen molar-refractivity contribution >= 4 is 18.3 Å². The molecular weight excluding hydrogens is 360 g/mol. The molecule has 2 aliphatic rings. The second-order valence-electron chi connectivity index (χ2n) is 7.38. The molecule has 0 bridgehead atoms. The molecule has 2 unspecified atom stereocenters. The lowest BCUT2D eigenvalue weighted by atomic mass is 10.1. The molecule has 0 aromatic heterocycles. The number of carbonyl (C=O) groups is 1. The van der Waals surface area contributed by atoms with Crippen LogP contribution in [-0.4, -0.2) is 36.5 Å². The minimum atomic E-state index is 0. The minimum Gasteiger partial charge on any atom is -0.489 e. The highest BCUT2D eigenvalue weighted by molar-refractivity contribution is 5.85. The molecule has 27 heavy (non-hydrogen) atoms. The van der Waals surface area contributed by atoms with Crippen molar-refractivity contribution in [3.05, 3.63) is 65.7 Å². The van der Waals surface area contributed by atoms with Crippen molar-refractivity contribution < 1.29 is 9.53 Å². The number of hydrogen-bond donors (Lipinski definition) is 1. The summed E-state index contributed by atoms with van der Waals surface area (Å²) in [6, 6.07) is 18.7. The molecule has 1 heterocycles. The SMILES string of the molecule is C[C@@H]1CNCCN1C(=O)C1CC1c1ccc(OCc2ccccc2)cc1.Cl. The molecule has 0 radical (unpaired) electrons. The first-order valence-corrected chi connectivity index (χ1v) is 9.50. The Morgan fingerprint density at radius 2 is 1.89 bits per heavy atom. The van der Waals surface area contributed by atoms with E-state index in [9.17, 15) is 4.79 Å². The van der Waals surface area contributed by atoms with Gasteiger partial charge < -0.3 is 15.0 Å². The average Bonchev–Trinajstić information content (AvgIpc) is 3.48. The Balaban J connectivity index is 0.00000210. The zero-order valence-electron chi connectivity index (χ0n) is 15.6. The molecule has 5 heteroatoms. The van der Waals surface area contributed by atoms with E-state index < -0.39 is 0 Å². The van der Waals surface area contributed by atoms with E-state index in [0.717, 1.165) is 37.4 Å². The van der Waals surface area contributed by atoms with Gasteiger partial charge in [-0.1, -0.05) is 42.5 Å². The second-order valence-corrected chi connectivity index (χ2v) is 7.38. The Kier molecular flexibility index (Phi) is 6.40. The Bertz CT molecular complexity index is 751. The monoisotopic (exact) mass is 386 g/mol. The number of piperazine rings is 1. The molecule has 4 rings (SSSR count). The van der Waals surface area contributed by atoms with Crippen molar-refractivity contribution in [2.24, 2.45) is 5.92 Å². The molecule has 1 aliphatic heterocycles. The van der Waals surface area contributed by atoms with Crippen molar-refractivity contribution in [1.29, 1.82) is 0 Å². The molecule has 2 aromatic carbocycles. The van der Waals surface area contributed by atoms with E-state index in [4.69, 9.17) is 4.74 Å². The van der Waals surface area contributed by atoms with Crippen LogP contribution >= 0.6 is 12.4 Å². The first kappa shape index (κ1) is 19.7. The standard InChI is InChI=1S/C22H26N2O2.ClH/c1-16-14-23-11-12-24(16)22(25)21-13-20(21)18-7-9-19(10-8-18)26-15-17-5-3-2-4-6-17;/h2-10,16,20-21,23H,11-15H2,1H3;1H/t16-,20?,21?;/m1./s1. The maximum atomic E-state index is 12.8. The summed E-state index contributed by atoms with van der Waals surface area (Å²) < 4.78 is 5.85. The summed E-state index contributed by atoms with van der Waals surface area (Å²) in [6.07, 6.45) is 0.972. The van der Waals surface area contributed by atoms with E-state index in [0.29, 0.717) is 24.5 Å². The number of carbonyl (C=O) groups excluding carboxylic acids is 1. The van der Waals surface area contributed by atoms with Crippen molar-refractivity contribution in [3.63, 3.8) is 0 Å². The van der Waals surface area contributed by atoms with Crippen LogP contribution in [0.3, 0.4) is 0 Å². The van der Waals surface area contributed by atoms with E-state index in [1.165, 1.54) is 5.56 Å². The lowest BCUT2D eigenvalue weighted by Crippen LogP contribution is -2.52. The van der Waals surface area contributed by atoms with Crippen molar-refractivity contribution in [3.8, 4) is 5.75 Å². The van der Waals surface area contributed by atoms with Crippen LogP contribution in [0, 0.1) is 5.92 Å². The Morgan fingerprint density at radius 1 is 1.15 bits per heavy atom. The summed E-state index contributed by atoms with van der Waals surface area (Å²) >= 11 is 0. The van der Waals surface area contributed by atoms with Crippen LogP contribution in [0.1, 0.15) is 30.4 Å². The predicted octanol–water partition coefficient (Wildman–Crippen LogP) is 3.61. The van der Waals surface area contributed by atoms with Gasteiger partial charge in [-0.3, -0.25) is 4.79 Å². The number of rotatable bonds is 5. The number of nitrogens with zero attached hydrogens (tertiary/aromatic N) is 1. The summed E-state index contributed by atoms with van der Waals surface area (Å²) in [6.45, 7) is 5.33. The third kappa shape index (κ3) is 4.63. The summed E-state index contributed by atoms with van der Waals surface area (Å²) in [5.41, 5.74) is 2.41. The van der Waals surface area contributed by atoms with Gasteiger partial charge in [-0.25, -0.2) is 0 Å². The van der Waals surface area contributed by atoms with Crippen LogP contribution in [0.2, 0.25) is 0 Å². The highest BCUT2D eigenvalue weighted by Gasteiger charge is 2.46. The summed E-state index contributed by atoms with van der Waals surface area (Å²) in [4.78, 5) is 14.8.